The van der Waals surface area contributed by atoms with Crippen LogP contribution in [0.5, 0.6) is 5.75 Å². The maximum atomic E-state index is 6.29. The minimum atomic E-state index is 0.744. The highest BCUT2D eigenvalue weighted by Crippen LogP contribution is 2.28. The van der Waals surface area contributed by atoms with Crippen LogP contribution in [-0.4, -0.2) is 50.1 Å². The van der Waals surface area contributed by atoms with Gasteiger partial charge in [0.15, 0.2) is 0 Å². The van der Waals surface area contributed by atoms with Crippen LogP contribution < -0.4 is 4.74 Å². The molecule has 0 radical (unpaired) electrons. The van der Waals surface area contributed by atoms with Gasteiger partial charge in [-0.2, -0.15) is 0 Å². The van der Waals surface area contributed by atoms with Gasteiger partial charge in [-0.15, -0.1) is 0 Å². The van der Waals surface area contributed by atoms with E-state index in [1.165, 1.54) is 0 Å². The van der Waals surface area contributed by atoms with Crippen LogP contribution in [0.1, 0.15) is 5.56 Å². The van der Waals surface area contributed by atoms with E-state index in [1.807, 2.05) is 12.1 Å². The Morgan fingerprint density at radius 2 is 1.94 bits per heavy atom. The minimum absolute atomic E-state index is 0.744. The fraction of sp³-hybridized carbons (Fsp3) is 0.538. The van der Waals surface area contributed by atoms with Crippen molar-refractivity contribution in [2.75, 3.05) is 40.3 Å². The average molecular weight is 255 g/mol. The van der Waals surface area contributed by atoms with Gasteiger partial charge >= 0.3 is 0 Å². The molecular weight excluding hydrogens is 236 g/mol. The van der Waals surface area contributed by atoms with E-state index in [-0.39, 0.29) is 0 Å². The maximum absolute atomic E-state index is 6.29. The second-order valence-corrected chi connectivity index (χ2v) is 4.89. The quantitative estimate of drug-likeness (QED) is 0.822. The van der Waals surface area contributed by atoms with Crippen molar-refractivity contribution in [1.29, 1.82) is 0 Å². The Hall–Kier alpha value is -0.770. The fourth-order valence-corrected chi connectivity index (χ4v) is 2.35. The molecule has 1 aromatic rings. The third kappa shape index (κ3) is 3.12. The summed E-state index contributed by atoms with van der Waals surface area (Å²) in [7, 11) is 3.82. The van der Waals surface area contributed by atoms with E-state index in [0.29, 0.717) is 0 Å². The van der Waals surface area contributed by atoms with Crippen LogP contribution >= 0.6 is 11.6 Å². The summed E-state index contributed by atoms with van der Waals surface area (Å²) in [5.41, 5.74) is 1.15. The first-order valence-corrected chi connectivity index (χ1v) is 6.31. The molecule has 1 aromatic carbocycles. The number of hydrogen-bond donors (Lipinski definition) is 0. The van der Waals surface area contributed by atoms with Crippen molar-refractivity contribution in [3.8, 4) is 5.75 Å². The molecule has 3 nitrogen and oxygen atoms in total. The second-order valence-electron chi connectivity index (χ2n) is 4.51. The lowest BCUT2D eigenvalue weighted by molar-refractivity contribution is 0.148. The van der Waals surface area contributed by atoms with Crippen LogP contribution in [0.15, 0.2) is 18.2 Å². The van der Waals surface area contributed by atoms with Gasteiger partial charge in [-0.25, -0.2) is 0 Å². The number of nitrogens with zero attached hydrogens (tertiary/aromatic N) is 2. The smallest absolute Gasteiger partial charge is 0.137 e. The minimum Gasteiger partial charge on any atom is -0.495 e. The molecule has 1 heterocycles. The van der Waals surface area contributed by atoms with Gasteiger partial charge in [0.25, 0.3) is 0 Å². The summed E-state index contributed by atoms with van der Waals surface area (Å²) in [4.78, 5) is 4.78. The summed E-state index contributed by atoms with van der Waals surface area (Å²) in [6.45, 7) is 5.36. The molecule has 0 aromatic heterocycles. The van der Waals surface area contributed by atoms with E-state index in [9.17, 15) is 0 Å². The first-order chi connectivity index (χ1) is 8.20. The number of methoxy groups -OCH3 is 1. The Morgan fingerprint density at radius 3 is 2.59 bits per heavy atom. The zero-order chi connectivity index (χ0) is 12.3. The van der Waals surface area contributed by atoms with Gasteiger partial charge in [0.1, 0.15) is 5.75 Å². The lowest BCUT2D eigenvalue weighted by Crippen LogP contribution is -2.43. The van der Waals surface area contributed by atoms with Crippen molar-refractivity contribution in [2.45, 2.75) is 6.54 Å². The standard InChI is InChI=1S/C13H19ClN2O/c1-15-6-8-16(9-7-15)10-11-4-3-5-12(17-2)13(11)14/h3-5H,6-10H2,1-2H3. The molecule has 1 saturated heterocycles. The van der Waals surface area contributed by atoms with Gasteiger partial charge in [0.2, 0.25) is 0 Å². The third-order valence-corrected chi connectivity index (χ3v) is 3.68. The number of rotatable bonds is 3. The van der Waals surface area contributed by atoms with Gasteiger partial charge < -0.3 is 9.64 Å². The Kier molecular flexibility index (Phi) is 4.26. The molecule has 0 aliphatic carbocycles. The molecular formula is C13H19ClN2O. The SMILES string of the molecule is COc1cccc(CN2CCN(C)CC2)c1Cl. The Bertz CT molecular complexity index is 376. The summed E-state index contributed by atoms with van der Waals surface area (Å²) in [5, 5.41) is 0.744. The van der Waals surface area contributed by atoms with Gasteiger partial charge in [0.05, 0.1) is 12.1 Å². The lowest BCUT2D eigenvalue weighted by atomic mass is 10.2. The van der Waals surface area contributed by atoms with E-state index < -0.39 is 0 Å². The van der Waals surface area contributed by atoms with Crippen molar-refractivity contribution in [3.05, 3.63) is 28.8 Å². The van der Waals surface area contributed by atoms with Gasteiger partial charge in [-0.05, 0) is 18.7 Å². The molecule has 0 atom stereocenters. The molecule has 0 spiro atoms. The number of piperazine rings is 1. The first kappa shape index (κ1) is 12.7. The highest BCUT2D eigenvalue weighted by Gasteiger charge is 2.15. The highest BCUT2D eigenvalue weighted by atomic mass is 35.5. The predicted molar refractivity (Wildman–Crippen MR) is 70.8 cm³/mol. The molecule has 94 valence electrons. The molecule has 1 aliphatic heterocycles. The van der Waals surface area contributed by atoms with Crippen LogP contribution in [0.4, 0.5) is 0 Å². The maximum Gasteiger partial charge on any atom is 0.137 e. The molecule has 1 fully saturated rings. The van der Waals surface area contributed by atoms with E-state index in [1.54, 1.807) is 7.11 Å². The monoisotopic (exact) mass is 254 g/mol. The number of halogens is 1. The lowest BCUT2D eigenvalue weighted by Gasteiger charge is -2.32. The third-order valence-electron chi connectivity index (χ3n) is 3.25. The molecule has 0 saturated carbocycles. The Balaban J connectivity index is 2.03. The molecule has 17 heavy (non-hydrogen) atoms. The number of ether oxygens (including phenoxy) is 1. The summed E-state index contributed by atoms with van der Waals surface area (Å²) >= 11 is 6.29. The van der Waals surface area contributed by atoms with Gasteiger partial charge in [0, 0.05) is 32.7 Å². The zero-order valence-electron chi connectivity index (χ0n) is 10.4. The van der Waals surface area contributed by atoms with Gasteiger partial charge in [-0.3, -0.25) is 4.90 Å². The average Bonchev–Trinajstić information content (AvgIpc) is 2.35. The number of benzene rings is 1. The van der Waals surface area contributed by atoms with Crippen molar-refractivity contribution < 1.29 is 4.74 Å². The van der Waals surface area contributed by atoms with Gasteiger partial charge in [-0.1, -0.05) is 23.7 Å². The predicted octanol–water partition coefficient (Wildman–Crippen LogP) is 2.10. The fourth-order valence-electron chi connectivity index (χ4n) is 2.08. The summed E-state index contributed by atoms with van der Waals surface area (Å²) in [6, 6.07) is 5.97. The van der Waals surface area contributed by atoms with Crippen LogP contribution in [0.2, 0.25) is 5.02 Å². The van der Waals surface area contributed by atoms with Crippen LogP contribution in [0.3, 0.4) is 0 Å². The molecule has 1 aliphatic rings. The molecule has 2 rings (SSSR count). The first-order valence-electron chi connectivity index (χ1n) is 5.93. The molecule has 0 amide bonds. The second kappa shape index (κ2) is 5.71. The van der Waals surface area contributed by atoms with Crippen LogP contribution in [-0.2, 0) is 6.54 Å². The van der Waals surface area contributed by atoms with E-state index in [0.717, 1.165) is 49.1 Å². The van der Waals surface area contributed by atoms with Crippen LogP contribution in [0.25, 0.3) is 0 Å². The number of hydrogen-bond acceptors (Lipinski definition) is 3. The van der Waals surface area contributed by atoms with E-state index >= 15 is 0 Å². The Morgan fingerprint density at radius 1 is 1.24 bits per heavy atom. The molecule has 4 heteroatoms. The number of likely N-dealkylation sites (N-methyl/N-ethyl adjacent to an activating group) is 1. The largest absolute Gasteiger partial charge is 0.495 e. The normalized spacial score (nSPS) is 18.3. The van der Waals surface area contributed by atoms with Crippen molar-refractivity contribution in [3.63, 3.8) is 0 Å². The highest BCUT2D eigenvalue weighted by molar-refractivity contribution is 6.32. The summed E-state index contributed by atoms with van der Waals surface area (Å²) in [5.74, 6) is 0.762. The molecule has 0 N–H and O–H groups in total. The van der Waals surface area contributed by atoms with E-state index in [2.05, 4.69) is 22.9 Å². The zero-order valence-corrected chi connectivity index (χ0v) is 11.2. The summed E-state index contributed by atoms with van der Waals surface area (Å²) in [6.07, 6.45) is 0. The Labute approximate surface area is 108 Å². The van der Waals surface area contributed by atoms with Crippen molar-refractivity contribution >= 4 is 11.6 Å². The molecule has 0 bridgehead atoms. The molecule has 0 unspecified atom stereocenters. The van der Waals surface area contributed by atoms with Crippen molar-refractivity contribution in [1.82, 2.24) is 9.80 Å². The topological polar surface area (TPSA) is 15.7 Å². The van der Waals surface area contributed by atoms with Crippen LogP contribution in [0, 0.1) is 0 Å². The van der Waals surface area contributed by atoms with Crippen molar-refractivity contribution in [2.24, 2.45) is 0 Å². The van der Waals surface area contributed by atoms with E-state index in [4.69, 9.17) is 16.3 Å². The summed E-state index contributed by atoms with van der Waals surface area (Å²) < 4.78 is 5.23.